The summed E-state index contributed by atoms with van der Waals surface area (Å²) in [5.41, 5.74) is -0.0698. The van der Waals surface area contributed by atoms with Crippen molar-refractivity contribution < 1.29 is 19.2 Å². The lowest BCUT2D eigenvalue weighted by molar-refractivity contribution is -0.384. The van der Waals surface area contributed by atoms with E-state index < -0.39 is 4.92 Å². The summed E-state index contributed by atoms with van der Waals surface area (Å²) in [6.45, 7) is 3.50. The number of nitrogens with zero attached hydrogens (tertiary/aromatic N) is 1. The number of rotatable bonds is 9. The minimum Gasteiger partial charge on any atom is -0.484 e. The number of nitro benzene ring substituents is 1. The van der Waals surface area contributed by atoms with Crippen LogP contribution in [0.2, 0.25) is 0 Å². The molecule has 0 saturated carbocycles. The summed E-state index contributed by atoms with van der Waals surface area (Å²) < 4.78 is 10.3. The molecule has 7 heteroatoms. The minimum atomic E-state index is -0.513. The van der Waals surface area contributed by atoms with Crippen LogP contribution in [0.3, 0.4) is 0 Å². The Labute approximate surface area is 117 Å². The lowest BCUT2D eigenvalue weighted by atomic mass is 10.3. The second kappa shape index (κ2) is 8.87. The van der Waals surface area contributed by atoms with Crippen molar-refractivity contribution in [3.63, 3.8) is 0 Å². The summed E-state index contributed by atoms with van der Waals surface area (Å²) in [5.74, 6) is 0.0247. The zero-order valence-electron chi connectivity index (χ0n) is 11.3. The molecule has 0 aliphatic heterocycles. The van der Waals surface area contributed by atoms with Gasteiger partial charge in [0.15, 0.2) is 6.61 Å². The number of carbonyl (C=O) groups excluding carboxylic acids is 1. The van der Waals surface area contributed by atoms with Gasteiger partial charge in [0.05, 0.1) is 11.0 Å². The van der Waals surface area contributed by atoms with Gasteiger partial charge in [-0.3, -0.25) is 14.9 Å². The van der Waals surface area contributed by atoms with E-state index in [1.54, 1.807) is 6.07 Å². The van der Waals surface area contributed by atoms with Crippen LogP contribution >= 0.6 is 0 Å². The SMILES string of the molecule is CCOCCCNC(=O)COc1cccc([N+](=O)[O-])c1. The van der Waals surface area contributed by atoms with E-state index >= 15 is 0 Å². The molecule has 0 aliphatic carbocycles. The molecule has 0 heterocycles. The lowest BCUT2D eigenvalue weighted by Gasteiger charge is -2.07. The molecule has 1 rings (SSSR count). The van der Waals surface area contributed by atoms with Crippen LogP contribution in [0.25, 0.3) is 0 Å². The summed E-state index contributed by atoms with van der Waals surface area (Å²) in [7, 11) is 0. The van der Waals surface area contributed by atoms with Gasteiger partial charge in [-0.15, -0.1) is 0 Å². The number of ether oxygens (including phenoxy) is 2. The Morgan fingerprint density at radius 1 is 1.45 bits per heavy atom. The van der Waals surface area contributed by atoms with Crippen molar-refractivity contribution in [2.24, 2.45) is 0 Å². The highest BCUT2D eigenvalue weighted by Crippen LogP contribution is 2.18. The Bertz CT molecular complexity index is 450. The maximum Gasteiger partial charge on any atom is 0.273 e. The van der Waals surface area contributed by atoms with Crippen molar-refractivity contribution in [3.8, 4) is 5.75 Å². The first-order valence-corrected chi connectivity index (χ1v) is 6.35. The molecule has 0 unspecified atom stereocenters. The Morgan fingerprint density at radius 3 is 2.95 bits per heavy atom. The maximum absolute atomic E-state index is 11.5. The normalized spacial score (nSPS) is 10.1. The molecular formula is C13H18N2O5. The minimum absolute atomic E-state index is 0.0698. The monoisotopic (exact) mass is 282 g/mol. The zero-order valence-corrected chi connectivity index (χ0v) is 11.3. The van der Waals surface area contributed by atoms with Crippen LogP contribution in [0.1, 0.15) is 13.3 Å². The maximum atomic E-state index is 11.5. The molecule has 110 valence electrons. The van der Waals surface area contributed by atoms with Gasteiger partial charge in [-0.1, -0.05) is 6.07 Å². The topological polar surface area (TPSA) is 90.7 Å². The average Bonchev–Trinajstić information content (AvgIpc) is 2.45. The fraction of sp³-hybridized carbons (Fsp3) is 0.462. The molecule has 0 aliphatic rings. The van der Waals surface area contributed by atoms with Crippen molar-refractivity contribution in [1.82, 2.24) is 5.32 Å². The van der Waals surface area contributed by atoms with Gasteiger partial charge in [-0.05, 0) is 19.4 Å². The van der Waals surface area contributed by atoms with Gasteiger partial charge in [0.2, 0.25) is 0 Å². The van der Waals surface area contributed by atoms with Crippen molar-refractivity contribution in [3.05, 3.63) is 34.4 Å². The van der Waals surface area contributed by atoms with Gasteiger partial charge in [0.1, 0.15) is 5.75 Å². The third-order valence-corrected chi connectivity index (χ3v) is 2.39. The first kappa shape index (κ1) is 15.9. The van der Waals surface area contributed by atoms with Gasteiger partial charge in [0.25, 0.3) is 11.6 Å². The molecule has 20 heavy (non-hydrogen) atoms. The highest BCUT2D eigenvalue weighted by molar-refractivity contribution is 5.77. The van der Waals surface area contributed by atoms with Crippen molar-refractivity contribution in [1.29, 1.82) is 0 Å². The van der Waals surface area contributed by atoms with Crippen LogP contribution in [-0.2, 0) is 9.53 Å². The Balaban J connectivity index is 2.27. The third-order valence-electron chi connectivity index (χ3n) is 2.39. The molecule has 0 spiro atoms. The highest BCUT2D eigenvalue weighted by atomic mass is 16.6. The fourth-order valence-electron chi connectivity index (χ4n) is 1.43. The molecule has 0 aromatic heterocycles. The molecule has 0 atom stereocenters. The zero-order chi connectivity index (χ0) is 14.8. The molecule has 1 amide bonds. The summed E-state index contributed by atoms with van der Waals surface area (Å²) in [5, 5.41) is 13.2. The molecule has 0 fully saturated rings. The average molecular weight is 282 g/mol. The fourth-order valence-corrected chi connectivity index (χ4v) is 1.43. The summed E-state index contributed by atoms with van der Waals surface area (Å²) in [6, 6.07) is 5.71. The largest absolute Gasteiger partial charge is 0.484 e. The van der Waals surface area contributed by atoms with Crippen LogP contribution in [0, 0.1) is 10.1 Å². The van der Waals surface area contributed by atoms with E-state index in [1.807, 2.05) is 6.92 Å². The summed E-state index contributed by atoms with van der Waals surface area (Å²) >= 11 is 0. The molecule has 0 radical (unpaired) electrons. The molecule has 0 bridgehead atoms. The summed E-state index contributed by atoms with van der Waals surface area (Å²) in [4.78, 5) is 21.5. The Kier molecular flexibility index (Phi) is 7.05. The van der Waals surface area contributed by atoms with E-state index in [0.29, 0.717) is 25.5 Å². The summed E-state index contributed by atoms with van der Waals surface area (Å²) in [6.07, 6.45) is 0.733. The number of hydrogen-bond donors (Lipinski definition) is 1. The van der Waals surface area contributed by atoms with Gasteiger partial charge in [-0.2, -0.15) is 0 Å². The molecule has 1 aromatic carbocycles. The van der Waals surface area contributed by atoms with E-state index in [1.165, 1.54) is 18.2 Å². The molecular weight excluding hydrogens is 264 g/mol. The standard InChI is InChI=1S/C13H18N2O5/c1-2-19-8-4-7-14-13(16)10-20-12-6-3-5-11(9-12)15(17)18/h3,5-6,9H,2,4,7-8,10H2,1H3,(H,14,16). The number of carbonyl (C=O) groups is 1. The van der Waals surface area contributed by atoms with Crippen molar-refractivity contribution in [2.45, 2.75) is 13.3 Å². The van der Waals surface area contributed by atoms with E-state index in [0.717, 1.165) is 6.42 Å². The van der Waals surface area contributed by atoms with Crippen LogP contribution < -0.4 is 10.1 Å². The van der Waals surface area contributed by atoms with Crippen molar-refractivity contribution >= 4 is 11.6 Å². The number of non-ortho nitro benzene ring substituents is 1. The van der Waals surface area contributed by atoms with E-state index in [-0.39, 0.29) is 18.2 Å². The van der Waals surface area contributed by atoms with Gasteiger partial charge in [-0.25, -0.2) is 0 Å². The quantitative estimate of drug-likeness (QED) is 0.421. The van der Waals surface area contributed by atoms with Crippen LogP contribution in [-0.4, -0.2) is 37.2 Å². The van der Waals surface area contributed by atoms with Crippen LogP contribution in [0.5, 0.6) is 5.75 Å². The van der Waals surface area contributed by atoms with E-state index in [4.69, 9.17) is 9.47 Å². The number of nitro groups is 1. The second-order valence-corrected chi connectivity index (χ2v) is 3.94. The van der Waals surface area contributed by atoms with Gasteiger partial charge < -0.3 is 14.8 Å². The second-order valence-electron chi connectivity index (χ2n) is 3.94. The van der Waals surface area contributed by atoms with Crippen LogP contribution in [0.4, 0.5) is 5.69 Å². The molecule has 1 aromatic rings. The smallest absolute Gasteiger partial charge is 0.273 e. The third kappa shape index (κ3) is 6.14. The number of hydrogen-bond acceptors (Lipinski definition) is 5. The highest BCUT2D eigenvalue weighted by Gasteiger charge is 2.07. The molecule has 1 N–H and O–H groups in total. The van der Waals surface area contributed by atoms with Gasteiger partial charge in [0, 0.05) is 25.8 Å². The Hall–Kier alpha value is -2.15. The number of amides is 1. The predicted molar refractivity (Wildman–Crippen MR) is 72.7 cm³/mol. The van der Waals surface area contributed by atoms with Crippen molar-refractivity contribution in [2.75, 3.05) is 26.4 Å². The first-order valence-electron chi connectivity index (χ1n) is 6.35. The van der Waals surface area contributed by atoms with Crippen LogP contribution in [0.15, 0.2) is 24.3 Å². The van der Waals surface area contributed by atoms with Gasteiger partial charge >= 0.3 is 0 Å². The van der Waals surface area contributed by atoms with E-state index in [9.17, 15) is 14.9 Å². The molecule has 0 saturated heterocycles. The number of nitrogens with one attached hydrogen (secondary N) is 1. The lowest BCUT2D eigenvalue weighted by Crippen LogP contribution is -2.30. The first-order chi connectivity index (χ1) is 9.63. The molecule has 7 nitrogen and oxygen atoms in total. The number of benzene rings is 1. The predicted octanol–water partition coefficient (Wildman–Crippen LogP) is 1.52. The Morgan fingerprint density at radius 2 is 2.25 bits per heavy atom. The van der Waals surface area contributed by atoms with E-state index in [2.05, 4.69) is 5.32 Å².